The van der Waals surface area contributed by atoms with E-state index in [4.69, 9.17) is 14.6 Å². The van der Waals surface area contributed by atoms with Crippen LogP contribution in [0.5, 0.6) is 17.2 Å². The topological polar surface area (TPSA) is 54.1 Å². The first-order chi connectivity index (χ1) is 22.3. The fourth-order valence-corrected chi connectivity index (χ4v) is 6.42. The summed E-state index contributed by atoms with van der Waals surface area (Å²) < 4.78 is 16.1. The Morgan fingerprint density at radius 1 is 0.696 bits per heavy atom. The number of hydrogen-bond acceptors (Lipinski definition) is 4. The molecule has 0 aliphatic heterocycles. The molecule has 3 aromatic heterocycles. The molecule has 7 aromatic rings. The number of aryl methyl sites for hydroxylation is 1. The molecule has 0 spiro atoms. The fourth-order valence-electron chi connectivity index (χ4n) is 6.42. The lowest BCUT2D eigenvalue weighted by atomic mass is 9.84. The van der Waals surface area contributed by atoms with Gasteiger partial charge in [-0.15, -0.1) is 0 Å². The van der Waals surface area contributed by atoms with Gasteiger partial charge in [0.2, 0.25) is 0 Å². The Morgan fingerprint density at radius 3 is 2.20 bits per heavy atom. The van der Waals surface area contributed by atoms with Crippen LogP contribution >= 0.6 is 0 Å². The number of benzene rings is 4. The van der Waals surface area contributed by atoms with Crippen molar-refractivity contribution in [1.29, 1.82) is 0 Å². The van der Waals surface area contributed by atoms with Gasteiger partial charge in [0, 0.05) is 46.9 Å². The average Bonchev–Trinajstić information content (AvgIpc) is 3.67. The first-order valence-corrected chi connectivity index (χ1v) is 15.8. The van der Waals surface area contributed by atoms with Gasteiger partial charge in [-0.3, -0.25) is 4.57 Å². The summed E-state index contributed by atoms with van der Waals surface area (Å²) in [5, 5.41) is 7.08. The number of fused-ring (bicyclic) bond motifs is 3. The molecule has 0 saturated heterocycles. The second kappa shape index (κ2) is 11.9. The van der Waals surface area contributed by atoms with Crippen molar-refractivity contribution in [1.82, 2.24) is 19.3 Å². The summed E-state index contributed by atoms with van der Waals surface area (Å²) in [6, 6.07) is 31.1. The summed E-state index contributed by atoms with van der Waals surface area (Å²) in [5.41, 5.74) is 9.45. The van der Waals surface area contributed by atoms with E-state index in [2.05, 4.69) is 98.9 Å². The third-order valence-corrected chi connectivity index (χ3v) is 8.60. The molecule has 0 bridgehead atoms. The van der Waals surface area contributed by atoms with E-state index in [0.29, 0.717) is 11.8 Å². The van der Waals surface area contributed by atoms with E-state index in [9.17, 15) is 0 Å². The molecular weight excluding hydrogens is 568 g/mol. The number of hydrogen-bond donors (Lipinski definition) is 0. The highest BCUT2D eigenvalue weighted by atomic mass is 16.5. The molecule has 7 rings (SSSR count). The quantitative estimate of drug-likeness (QED) is 0.173. The number of methoxy groups -OCH3 is 1. The van der Waals surface area contributed by atoms with E-state index >= 15 is 0 Å². The van der Waals surface area contributed by atoms with Crippen LogP contribution in [0.15, 0.2) is 110 Å². The van der Waals surface area contributed by atoms with Gasteiger partial charge in [0.15, 0.2) is 0 Å². The highest BCUT2D eigenvalue weighted by Gasteiger charge is 2.19. The van der Waals surface area contributed by atoms with Crippen molar-refractivity contribution < 1.29 is 9.47 Å². The van der Waals surface area contributed by atoms with Crippen LogP contribution in [0.25, 0.3) is 44.4 Å². The largest absolute Gasteiger partial charge is 0.497 e. The normalized spacial score (nSPS) is 11.7. The van der Waals surface area contributed by atoms with Crippen LogP contribution in [0.1, 0.15) is 56.2 Å². The monoisotopic (exact) mass is 606 g/mol. The minimum atomic E-state index is 0.406. The first-order valence-electron chi connectivity index (χ1n) is 15.8. The predicted octanol–water partition coefficient (Wildman–Crippen LogP) is 10.4. The lowest BCUT2D eigenvalue weighted by Crippen LogP contribution is -2.01. The maximum Gasteiger partial charge on any atom is 0.141 e. The second-order valence-corrected chi connectivity index (χ2v) is 12.5. The van der Waals surface area contributed by atoms with E-state index in [1.165, 1.54) is 22.3 Å². The number of ether oxygens (including phenoxy) is 2. The van der Waals surface area contributed by atoms with Crippen LogP contribution in [0.2, 0.25) is 0 Å². The van der Waals surface area contributed by atoms with Crippen molar-refractivity contribution in [3.05, 3.63) is 126 Å². The Kier molecular flexibility index (Phi) is 7.57. The van der Waals surface area contributed by atoms with Gasteiger partial charge in [-0.25, -0.2) is 9.67 Å². The molecule has 0 saturated carbocycles. The maximum absolute atomic E-state index is 6.49. The van der Waals surface area contributed by atoms with Crippen LogP contribution in [-0.2, 0) is 0 Å². The third-order valence-electron chi connectivity index (χ3n) is 8.60. The van der Waals surface area contributed by atoms with Crippen LogP contribution in [0, 0.1) is 6.92 Å². The van der Waals surface area contributed by atoms with E-state index < -0.39 is 0 Å². The van der Waals surface area contributed by atoms with Crippen molar-refractivity contribution in [3.63, 3.8) is 0 Å². The molecule has 0 fully saturated rings. The molecule has 0 aliphatic carbocycles. The maximum atomic E-state index is 6.49. The smallest absolute Gasteiger partial charge is 0.141 e. The number of para-hydroxylation sites is 1. The van der Waals surface area contributed by atoms with Crippen molar-refractivity contribution in [2.24, 2.45) is 0 Å². The summed E-state index contributed by atoms with van der Waals surface area (Å²) in [6.07, 6.45) is 5.88. The summed E-state index contributed by atoms with van der Waals surface area (Å²) in [5.74, 6) is 3.82. The van der Waals surface area contributed by atoms with Crippen molar-refractivity contribution in [3.8, 4) is 39.9 Å². The van der Waals surface area contributed by atoms with Crippen LogP contribution in [-0.4, -0.2) is 26.4 Å². The summed E-state index contributed by atoms with van der Waals surface area (Å²) in [7, 11) is 1.67. The SMILES string of the molecule is COc1ccnc(-n2c3ccccc3c3ccc(Oc4cccc(-n5cc(-c6c(C(C)C)cc(C)cc6C(C)C)cn5)c4)cc32)c1. The molecule has 0 amide bonds. The molecule has 4 aromatic carbocycles. The molecule has 230 valence electrons. The molecule has 0 atom stereocenters. The minimum Gasteiger partial charge on any atom is -0.497 e. The first kappa shape index (κ1) is 29.4. The molecule has 0 aliphatic rings. The summed E-state index contributed by atoms with van der Waals surface area (Å²) in [6.45, 7) is 11.2. The Balaban J connectivity index is 1.25. The van der Waals surface area contributed by atoms with Gasteiger partial charge >= 0.3 is 0 Å². The highest BCUT2D eigenvalue weighted by molar-refractivity contribution is 6.09. The minimum absolute atomic E-state index is 0.406. The second-order valence-electron chi connectivity index (χ2n) is 12.5. The van der Waals surface area contributed by atoms with Crippen molar-refractivity contribution >= 4 is 21.8 Å². The molecule has 46 heavy (non-hydrogen) atoms. The number of rotatable bonds is 8. The summed E-state index contributed by atoms with van der Waals surface area (Å²) in [4.78, 5) is 4.68. The molecular formula is C40H38N4O2. The standard InChI is InChI=1S/C40H38N4O2/c1-25(2)35-18-27(5)19-36(26(3)4)40(35)28-23-42-43(24-28)29-10-9-11-31(20-29)46-32-14-15-34-33-12-7-8-13-37(33)44(38(34)21-32)39-22-30(45-6)16-17-41-39/h7-26H,1-6H3. The highest BCUT2D eigenvalue weighted by Crippen LogP contribution is 2.38. The van der Waals surface area contributed by atoms with Crippen molar-refractivity contribution in [2.45, 2.75) is 46.5 Å². The number of pyridine rings is 1. The zero-order chi connectivity index (χ0) is 31.9. The van der Waals surface area contributed by atoms with Gasteiger partial charge < -0.3 is 9.47 Å². The Morgan fingerprint density at radius 2 is 1.43 bits per heavy atom. The number of aromatic nitrogens is 4. The van der Waals surface area contributed by atoms with Crippen LogP contribution in [0.4, 0.5) is 0 Å². The molecule has 6 nitrogen and oxygen atoms in total. The fraction of sp³-hybridized carbons (Fsp3) is 0.200. The lowest BCUT2D eigenvalue weighted by molar-refractivity contribution is 0.414. The van der Waals surface area contributed by atoms with Gasteiger partial charge in [0.25, 0.3) is 0 Å². The zero-order valence-corrected chi connectivity index (χ0v) is 27.2. The van der Waals surface area contributed by atoms with Crippen LogP contribution in [0.3, 0.4) is 0 Å². The Labute approximate surface area is 269 Å². The van der Waals surface area contributed by atoms with Gasteiger partial charge in [-0.2, -0.15) is 5.10 Å². The molecule has 3 heterocycles. The number of nitrogens with zero attached hydrogens (tertiary/aromatic N) is 4. The van der Waals surface area contributed by atoms with E-state index in [1.54, 1.807) is 13.3 Å². The van der Waals surface area contributed by atoms with Gasteiger partial charge in [0.1, 0.15) is 23.1 Å². The molecule has 0 N–H and O–H groups in total. The molecule has 0 radical (unpaired) electrons. The molecule has 6 heteroatoms. The zero-order valence-electron chi connectivity index (χ0n) is 27.2. The van der Waals surface area contributed by atoms with E-state index in [-0.39, 0.29) is 0 Å². The van der Waals surface area contributed by atoms with E-state index in [1.807, 2.05) is 53.3 Å². The predicted molar refractivity (Wildman–Crippen MR) is 187 cm³/mol. The third kappa shape index (κ3) is 5.30. The van der Waals surface area contributed by atoms with E-state index in [0.717, 1.165) is 56.1 Å². The van der Waals surface area contributed by atoms with Gasteiger partial charge in [0.05, 0.1) is 30.0 Å². The Hall–Kier alpha value is -5.36. The summed E-state index contributed by atoms with van der Waals surface area (Å²) >= 11 is 0. The lowest BCUT2D eigenvalue weighted by Gasteiger charge is -2.20. The van der Waals surface area contributed by atoms with Crippen LogP contribution < -0.4 is 9.47 Å². The Bertz CT molecular complexity index is 2180. The van der Waals surface area contributed by atoms with Gasteiger partial charge in [-0.1, -0.05) is 69.7 Å². The van der Waals surface area contributed by atoms with Crippen molar-refractivity contribution in [2.75, 3.05) is 7.11 Å². The molecule has 0 unspecified atom stereocenters. The van der Waals surface area contributed by atoms with Gasteiger partial charge in [-0.05, 0) is 71.8 Å². The average molecular weight is 607 g/mol.